The number of rotatable bonds is 57. The summed E-state index contributed by atoms with van der Waals surface area (Å²) < 4.78 is 60.8. The number of hydrogen-bond acceptors (Lipinski definition) is 19. The summed E-state index contributed by atoms with van der Waals surface area (Å²) in [6.45, 7) is 26.6. The van der Waals surface area contributed by atoms with Gasteiger partial charge >= 0.3 is 187 Å². The van der Waals surface area contributed by atoms with Gasteiger partial charge in [0.25, 0.3) is 11.8 Å². The molecule has 0 aromatic carbocycles. The summed E-state index contributed by atoms with van der Waals surface area (Å²) in [5.74, 6) is -14.2. The van der Waals surface area contributed by atoms with Gasteiger partial charge in [0.15, 0.2) is 52.4 Å². The summed E-state index contributed by atoms with van der Waals surface area (Å²) in [5, 5.41) is 125. The van der Waals surface area contributed by atoms with E-state index in [-0.39, 0.29) is 89.3 Å². The first-order valence-corrected chi connectivity index (χ1v) is 41.7. The molecule has 0 spiro atoms. The fourth-order valence-corrected chi connectivity index (χ4v) is 15.9. The molecule has 4 aromatic heterocycles. The molecule has 0 aliphatic carbocycles. The van der Waals surface area contributed by atoms with Crippen LogP contribution in [0.4, 0.5) is 9.59 Å². The molecule has 8 rings (SSSR count). The predicted molar refractivity (Wildman–Crippen MR) is 435 cm³/mol. The molecule has 0 saturated heterocycles. The van der Waals surface area contributed by atoms with Gasteiger partial charge in [-0.1, -0.05) is 32.1 Å². The van der Waals surface area contributed by atoms with E-state index in [1.54, 1.807) is 55.4 Å². The van der Waals surface area contributed by atoms with Gasteiger partial charge in [-0.15, -0.1) is 18.3 Å². The number of quaternary nitrogens is 2. The molecule has 8 amide bonds. The van der Waals surface area contributed by atoms with Crippen LogP contribution >= 0.6 is 0 Å². The summed E-state index contributed by atoms with van der Waals surface area (Å²) >= 11 is 0. The van der Waals surface area contributed by atoms with E-state index in [4.69, 9.17) is 43.9 Å². The van der Waals surface area contributed by atoms with Gasteiger partial charge < -0.3 is 109 Å². The van der Waals surface area contributed by atoms with Crippen molar-refractivity contribution in [3.05, 3.63) is 113 Å². The first-order chi connectivity index (χ1) is 64.7. The van der Waals surface area contributed by atoms with Crippen molar-refractivity contribution in [2.75, 3.05) is 52.4 Å². The normalized spacial score (nSPS) is 15.7. The molecular weight excluding hydrogens is 1810 g/mol. The Labute approximate surface area is 774 Å². The van der Waals surface area contributed by atoms with E-state index in [1.807, 2.05) is 30.7 Å². The molecule has 5 atom stereocenters. The summed E-state index contributed by atoms with van der Waals surface area (Å²) in [6, 6.07) is -8.63. The van der Waals surface area contributed by atoms with E-state index in [9.17, 15) is 137 Å². The van der Waals surface area contributed by atoms with Gasteiger partial charge in [0, 0.05) is 32.4 Å². The number of aromatic nitrogens is 8. The molecule has 0 radical (unpaired) electrons. The first kappa shape index (κ1) is 119. The average Bonchev–Trinajstić information content (AvgIpc) is 1.54. The number of hydrogen-bond donors (Lipinski definition) is 19. The molecule has 0 bridgehead atoms. The molecule has 55 nitrogen and oxygen atoms in total. The number of unbranched alkanes of at least 4 members (excludes halogenated alkanes) is 10. The maximum atomic E-state index is 13.2. The summed E-state index contributed by atoms with van der Waals surface area (Å²) in [4.78, 5) is 213. The van der Waals surface area contributed by atoms with Crippen molar-refractivity contribution < 1.29 is 203 Å². The quantitative estimate of drug-likeness (QED) is 0.00660. The SMILES string of the molecule is N[C@@H](CCCC[N+]12Cc3n(cc[n+]3CC(=O)O)C1n1cc[n+](CC(=O)O)c1C2)C(=O)NCCCC[C@H](NC(=O)N[C@@H](CCC(=O)O)C(=O)O)C(=O)O.O=C(O)CC[C@H](NC(=O)N[C@@H](CCCCNC(=O)CCCCCCCCCC[N+]12Cc3n(cc[n+]3CC(=O)N(CC(=O)O)CC(=O)O)C1n1cc[n+](CC(=O)N(CC(=O)O)CC(=O)O)c1C2)C(=O)O)C(=O)O.[C-]#[O+].[C-]#[O+].[C-]#[O+].[C-]#[O+].[C-]#[O+].[C-]#[O+]. The van der Waals surface area contributed by atoms with Crippen molar-refractivity contribution in [1.82, 2.24) is 60.0 Å². The first-order valence-electron chi connectivity index (χ1n) is 41.7. The molecule has 4 aliphatic heterocycles. The number of nitrogens with two attached hydrogens (primary N) is 1. The van der Waals surface area contributed by atoms with Gasteiger partial charge in [0.1, 0.15) is 99.9 Å². The van der Waals surface area contributed by atoms with Gasteiger partial charge in [0.05, 0.1) is 19.1 Å². The van der Waals surface area contributed by atoms with Crippen molar-refractivity contribution in [1.29, 1.82) is 0 Å². The zero-order chi connectivity index (χ0) is 103. The van der Waals surface area contributed by atoms with Crippen LogP contribution in [-0.4, -0.2) is 288 Å². The molecule has 4 aromatic rings. The van der Waals surface area contributed by atoms with E-state index in [0.29, 0.717) is 106 Å². The van der Waals surface area contributed by atoms with Gasteiger partial charge in [-0.25, -0.2) is 65.6 Å². The molecule has 0 saturated carbocycles. The van der Waals surface area contributed by atoms with Crippen LogP contribution in [0.1, 0.15) is 177 Å². The van der Waals surface area contributed by atoms with Crippen LogP contribution in [0.2, 0.25) is 0 Å². The number of imidazole rings is 4. The minimum atomic E-state index is -1.52. The van der Waals surface area contributed by atoms with Crippen LogP contribution in [0.5, 0.6) is 0 Å². The Morgan fingerprint density at radius 2 is 0.618 bits per heavy atom. The van der Waals surface area contributed by atoms with Crippen LogP contribution in [0.3, 0.4) is 0 Å². The second kappa shape index (κ2) is 61.8. The second-order valence-corrected chi connectivity index (χ2v) is 31.0. The molecule has 740 valence electrons. The number of carboxylic acids is 12. The zero-order valence-corrected chi connectivity index (χ0v) is 73.6. The number of aliphatic carboxylic acids is 12. The fraction of sp³-hybridized carbons (Fsp3) is 0.556. The molecule has 4 aliphatic rings. The van der Waals surface area contributed by atoms with Crippen molar-refractivity contribution in [3.8, 4) is 0 Å². The van der Waals surface area contributed by atoms with E-state index in [0.717, 1.165) is 78.0 Å². The van der Waals surface area contributed by atoms with Crippen LogP contribution in [0.25, 0.3) is 0 Å². The monoisotopic (exact) mass is 1930 g/mol. The summed E-state index contributed by atoms with van der Waals surface area (Å²) in [5.41, 5.74) is 6.16. The third-order valence-corrected chi connectivity index (χ3v) is 21.8. The molecule has 55 heteroatoms. The second-order valence-electron chi connectivity index (χ2n) is 31.0. The predicted octanol–water partition coefficient (Wildman–Crippen LogP) is -3.91. The van der Waals surface area contributed by atoms with Gasteiger partial charge in [-0.3, -0.25) is 47.9 Å². The van der Waals surface area contributed by atoms with E-state index < -0.39 is 165 Å². The van der Waals surface area contributed by atoms with E-state index in [1.165, 1.54) is 0 Å². The third kappa shape index (κ3) is 38.1. The van der Waals surface area contributed by atoms with Crippen molar-refractivity contribution in [3.63, 3.8) is 0 Å². The fourth-order valence-electron chi connectivity index (χ4n) is 15.9. The Morgan fingerprint density at radius 1 is 0.346 bits per heavy atom. The van der Waals surface area contributed by atoms with Gasteiger partial charge in [-0.2, -0.15) is 0 Å². The number of carbonyl (C=O) groups is 18. The topological polar surface area (TPSA) is 809 Å². The summed E-state index contributed by atoms with van der Waals surface area (Å²) in [6.07, 6.45) is 22.0. The van der Waals surface area contributed by atoms with Gasteiger partial charge in [-0.05, 0) is 89.9 Å². The number of carboxylic acid groups (broad SMARTS) is 12. The number of nitrogens with one attached hydrogen (secondary N) is 6. The van der Waals surface area contributed by atoms with Crippen molar-refractivity contribution in [2.45, 2.75) is 236 Å². The van der Waals surface area contributed by atoms with Crippen LogP contribution in [-0.2, 0) is 157 Å². The Bertz CT molecular complexity index is 4660. The van der Waals surface area contributed by atoms with Gasteiger partial charge in [0.2, 0.25) is 11.8 Å². The standard InChI is InChI=1S/C44H62N10O18.C31H43N9O12.6CO/c55-31(45-15-9-8-11-29(41(68)69)46-43(72)47-30(42(70)71)13-14-36(58)59)12-7-5-3-1-2-4-6-10-20-54-27-32-48(21-34(56)50(23-37(60)61)24-38(62)63)16-18-52(32)44(54)53-19-17-49(33(53)28-54)22-35(57)51(25-39(64)65)26-40(66)67;32-19(27(47)33-9-3-1-6-20(28(48)49)34-30(52)35-21(29(50)51)7-8-24(41)42)5-2-4-14-40-17-22-36(15-25(43)44)10-12-38(22)31(40)39-13-11-37(16-26(45)46)23(39)18-40;6*1-2/h16-19,29-30,44H,1-15,20-28H2,(H7-3,45,46,47,55,58,59,60,61,62,63,64,65,66,67,68,69,70,71,72);10-13,19-21,31H,1-9,14-18,32H2,(H5-3,33,34,35,41,42,43,44,45,46,47,48,49,50,51,52);;;;;;/p+6/t29-,30-,44?,54?;19-,20-,21-,31?,40?;;;;;;/m00....../s1. The third-order valence-electron chi connectivity index (χ3n) is 21.8. The van der Waals surface area contributed by atoms with Crippen LogP contribution in [0, 0.1) is 39.9 Å². The molecule has 136 heavy (non-hydrogen) atoms. The van der Waals surface area contributed by atoms with Crippen molar-refractivity contribution in [2.24, 2.45) is 5.73 Å². The molecule has 0 fully saturated rings. The molecule has 20 N–H and O–H groups in total. The van der Waals surface area contributed by atoms with Crippen LogP contribution in [0.15, 0.2) is 49.6 Å². The Morgan fingerprint density at radius 3 is 0.912 bits per heavy atom. The Kier molecular flexibility index (Phi) is 54.2. The Hall–Kier alpha value is -14.8. The zero-order valence-electron chi connectivity index (χ0n) is 73.6. The number of urea groups is 2. The van der Waals surface area contributed by atoms with Crippen molar-refractivity contribution >= 4 is 107 Å². The summed E-state index contributed by atoms with van der Waals surface area (Å²) in [7, 11) is 0. The van der Waals surface area contributed by atoms with E-state index >= 15 is 0 Å². The number of nitrogens with zero attached hydrogens (tertiary/aromatic N) is 12. The molecular formula is C81H111N19O36+6. The Balaban J connectivity index is 0.00000127. The van der Waals surface area contributed by atoms with E-state index in [2.05, 4.69) is 71.8 Å². The average molecular weight is 1930 g/mol. The number of amides is 8. The number of carbonyl (C=O) groups excluding carboxylic acids is 6. The minimum absolute atomic E-state index is 0.00861. The molecule has 0 unspecified atom stereocenters. The molecule has 8 heterocycles. The number of fused-ring (bicyclic) bond motifs is 10. The maximum absolute atomic E-state index is 13.2. The van der Waals surface area contributed by atoms with Crippen LogP contribution < -0.4 is 55.9 Å².